The number of aryl methyl sites for hydroxylation is 1. The number of benzene rings is 2. The van der Waals surface area contributed by atoms with Gasteiger partial charge in [0.25, 0.3) is 5.91 Å². The number of carbonyl (C=O) groups is 4. The smallest absolute Gasteiger partial charge is 0.324 e. The number of carbonyl (C=O) groups excluding carboxylic acids is 4. The number of phenols is 1. The summed E-state index contributed by atoms with van der Waals surface area (Å²) in [7, 11) is 3.39. The van der Waals surface area contributed by atoms with Crippen LogP contribution >= 0.6 is 0 Å². The minimum atomic E-state index is -1.11. The molecule has 66 heavy (non-hydrogen) atoms. The first-order valence-corrected chi connectivity index (χ1v) is 24.1. The second kappa shape index (κ2) is 19.5. The number of fused-ring (bicyclic) bond motifs is 7. The fourth-order valence-electron chi connectivity index (χ4n) is 11.3. The summed E-state index contributed by atoms with van der Waals surface area (Å²) in [5.41, 5.74) is 9.78. The number of hydrogen-bond donors (Lipinski definition) is 4. The zero-order valence-electron chi connectivity index (χ0n) is 40.0. The molecule has 2 aromatic heterocycles. The number of phenolic OH excluding ortho intramolecular Hbond substituents is 1. The van der Waals surface area contributed by atoms with Crippen molar-refractivity contribution in [2.75, 3.05) is 33.9 Å². The molecule has 4 aromatic rings. The lowest BCUT2D eigenvalue weighted by molar-refractivity contribution is -0.155. The van der Waals surface area contributed by atoms with Crippen LogP contribution in [0.1, 0.15) is 103 Å². The number of aromatic hydroxyl groups is 1. The number of methoxy groups -OCH3 is 1. The van der Waals surface area contributed by atoms with Crippen LogP contribution in [0.5, 0.6) is 5.75 Å². The van der Waals surface area contributed by atoms with Crippen LogP contribution in [-0.2, 0) is 48.0 Å². The molecule has 354 valence electrons. The number of pyridine rings is 1. The highest BCUT2D eigenvalue weighted by Crippen LogP contribution is 2.43. The number of hydrogen-bond acceptors (Lipinski definition) is 10. The molecule has 0 radical (unpaired) electrons. The van der Waals surface area contributed by atoms with E-state index in [1.807, 2.05) is 39.0 Å². The monoisotopic (exact) mass is 904 g/mol. The lowest BCUT2D eigenvalue weighted by atomic mass is 9.84. The quantitative estimate of drug-likeness (QED) is 0.133. The van der Waals surface area contributed by atoms with Gasteiger partial charge in [0.1, 0.15) is 23.9 Å². The highest BCUT2D eigenvalue weighted by Gasteiger charge is 2.45. The van der Waals surface area contributed by atoms with Gasteiger partial charge >= 0.3 is 5.97 Å². The number of aromatic nitrogens is 2. The largest absolute Gasteiger partial charge is 0.508 e. The molecule has 4 N–H and O–H groups in total. The molecule has 7 atom stereocenters. The molecule has 1 unspecified atom stereocenters. The summed E-state index contributed by atoms with van der Waals surface area (Å²) in [5, 5.41) is 20.5. The van der Waals surface area contributed by atoms with Crippen molar-refractivity contribution in [3.63, 3.8) is 0 Å². The predicted molar refractivity (Wildman–Crippen MR) is 254 cm³/mol. The van der Waals surface area contributed by atoms with Crippen molar-refractivity contribution >= 4 is 34.6 Å². The molecule has 8 rings (SSSR count). The molecule has 3 aliphatic heterocycles. The van der Waals surface area contributed by atoms with Gasteiger partial charge in [0.2, 0.25) is 11.8 Å². The van der Waals surface area contributed by atoms with Gasteiger partial charge in [0, 0.05) is 67.8 Å². The number of likely N-dealkylation sites (N-methyl/N-ethyl adjacent to an activating group) is 1. The molecule has 3 fully saturated rings. The molecular weight excluding hydrogens is 835 g/mol. The van der Waals surface area contributed by atoms with E-state index >= 15 is 0 Å². The number of cyclic esters (lactones) is 1. The molecule has 14 heteroatoms. The summed E-state index contributed by atoms with van der Waals surface area (Å²) < 4.78 is 14.3. The van der Waals surface area contributed by atoms with E-state index in [1.54, 1.807) is 37.4 Å². The third kappa shape index (κ3) is 9.46. The molecule has 4 aliphatic rings. The first kappa shape index (κ1) is 47.2. The summed E-state index contributed by atoms with van der Waals surface area (Å²) in [6, 6.07) is 13.0. The number of esters is 1. The number of nitrogens with one attached hydrogen (secondary N) is 3. The summed E-state index contributed by atoms with van der Waals surface area (Å²) in [5.74, 6) is -1.38. The van der Waals surface area contributed by atoms with Crippen LogP contribution in [0.25, 0.3) is 33.3 Å². The third-order valence-electron chi connectivity index (χ3n) is 14.6. The normalized spacial score (nSPS) is 24.3. The van der Waals surface area contributed by atoms with Crippen LogP contribution < -0.4 is 16.1 Å². The van der Waals surface area contributed by atoms with Gasteiger partial charge < -0.3 is 34.7 Å². The number of rotatable bonds is 9. The summed E-state index contributed by atoms with van der Waals surface area (Å²) >= 11 is 0. The van der Waals surface area contributed by atoms with Crippen LogP contribution in [-0.4, -0.2) is 106 Å². The van der Waals surface area contributed by atoms with Crippen molar-refractivity contribution in [1.29, 1.82) is 0 Å². The first-order valence-electron chi connectivity index (χ1n) is 24.1. The number of ether oxygens (including phenoxy) is 2. The second-order valence-corrected chi connectivity index (χ2v) is 20.2. The van der Waals surface area contributed by atoms with Gasteiger partial charge in [-0.05, 0) is 136 Å². The predicted octanol–water partition coefficient (Wildman–Crippen LogP) is 6.71. The maximum absolute atomic E-state index is 14.8. The number of nitrogens with zero attached hydrogens (tertiary/aromatic N) is 4. The summed E-state index contributed by atoms with van der Waals surface area (Å²) in [6.07, 6.45) is 7.09. The Morgan fingerprint density at radius 2 is 1.85 bits per heavy atom. The van der Waals surface area contributed by atoms with Crippen molar-refractivity contribution in [1.82, 2.24) is 35.5 Å². The van der Waals surface area contributed by atoms with Crippen LogP contribution in [0.2, 0.25) is 0 Å². The van der Waals surface area contributed by atoms with E-state index in [-0.39, 0.29) is 48.7 Å². The third-order valence-corrected chi connectivity index (χ3v) is 14.6. The second-order valence-electron chi connectivity index (χ2n) is 20.2. The Balaban J connectivity index is 1.20. The molecule has 2 saturated heterocycles. The van der Waals surface area contributed by atoms with Gasteiger partial charge in [0.15, 0.2) is 0 Å². The Morgan fingerprint density at radius 3 is 2.61 bits per heavy atom. The van der Waals surface area contributed by atoms with Gasteiger partial charge in [-0.25, -0.2) is 5.43 Å². The highest BCUT2D eigenvalue weighted by atomic mass is 16.5. The number of piperidine rings is 1. The molecule has 5 heterocycles. The van der Waals surface area contributed by atoms with E-state index in [0.717, 1.165) is 76.8 Å². The van der Waals surface area contributed by atoms with Crippen LogP contribution in [0, 0.1) is 23.2 Å². The highest BCUT2D eigenvalue weighted by molar-refractivity contribution is 5.96. The van der Waals surface area contributed by atoms with Gasteiger partial charge in [-0.15, -0.1) is 0 Å². The molecule has 6 bridgehead atoms. The van der Waals surface area contributed by atoms with Crippen molar-refractivity contribution < 1.29 is 33.8 Å². The lowest BCUT2D eigenvalue weighted by Gasteiger charge is -2.38. The standard InChI is InChI=1S/C52H69N7O7/c1-9-58-43-19-17-34-27-39(43)40(47(58)37-14-11-21-53-44(37)31(4)65-8)28-52(5,6)29-66-51(64)41-15-12-22-59(56-41)50(63)42(25-32-23-35(34)26-36(60)24-32)55-48(61)46(30(2)3)57(7)49(62)38-18-16-33-13-10-20-54-45(33)38/h11,14,17,19,21,23-24,26-27,30-31,33,38,41-42,45-46,54,56,60H,9-10,12-13,15-16,18,20,22,25,28-29H2,1-8H3,(H,55,61)/t31-,33+,38-,41-,42-,45+,46?/m0/s1. The number of amides is 3. The Bertz CT molecular complexity index is 2460. The lowest BCUT2D eigenvalue weighted by Crippen LogP contribution is -2.62. The Hall–Kier alpha value is -5.31. The fraction of sp³-hybridized carbons (Fsp3) is 0.558. The van der Waals surface area contributed by atoms with E-state index in [2.05, 4.69) is 59.6 Å². The fourth-order valence-corrected chi connectivity index (χ4v) is 11.3. The molecule has 3 amide bonds. The maximum atomic E-state index is 14.8. The first-order chi connectivity index (χ1) is 31.6. The molecule has 0 spiro atoms. The molecule has 1 aliphatic carbocycles. The van der Waals surface area contributed by atoms with Gasteiger partial charge in [0.05, 0.1) is 30.0 Å². The van der Waals surface area contributed by atoms with Crippen molar-refractivity contribution in [3.8, 4) is 28.1 Å². The Labute approximate surface area is 389 Å². The van der Waals surface area contributed by atoms with Crippen molar-refractivity contribution in [2.45, 2.75) is 130 Å². The van der Waals surface area contributed by atoms with E-state index in [1.165, 1.54) is 5.01 Å². The van der Waals surface area contributed by atoms with Crippen molar-refractivity contribution in [2.24, 2.45) is 23.2 Å². The minimum Gasteiger partial charge on any atom is -0.508 e. The van der Waals surface area contributed by atoms with Crippen molar-refractivity contribution in [3.05, 3.63) is 71.5 Å². The van der Waals surface area contributed by atoms with Crippen LogP contribution in [0.4, 0.5) is 0 Å². The van der Waals surface area contributed by atoms with Crippen LogP contribution in [0.15, 0.2) is 54.7 Å². The molecular formula is C52H69N7O7. The zero-order valence-corrected chi connectivity index (χ0v) is 40.0. The van der Waals surface area contributed by atoms with E-state index in [4.69, 9.17) is 14.5 Å². The SMILES string of the molecule is CCn1c(-c2cccnc2[C@H](C)OC)c2c3cc(ccc31)-c1cc(O)cc(c1)C[C@H](NC(=O)C(C(C)C)N(C)C(=O)[C@H]1CC[C@H]3CCCN[C@H]31)C(=O)N1CCC[C@H](N1)C(=O)OCC(C)(C)C2. The average Bonchev–Trinajstić information content (AvgIpc) is 3.87. The van der Waals surface area contributed by atoms with Gasteiger partial charge in [-0.2, -0.15) is 0 Å². The number of hydrazine groups is 1. The zero-order chi connectivity index (χ0) is 47.0. The molecule has 14 nitrogen and oxygen atoms in total. The maximum Gasteiger partial charge on any atom is 0.324 e. The minimum absolute atomic E-state index is 0.0201. The van der Waals surface area contributed by atoms with Gasteiger partial charge in [-0.3, -0.25) is 29.2 Å². The van der Waals surface area contributed by atoms with Crippen LogP contribution in [0.3, 0.4) is 0 Å². The summed E-state index contributed by atoms with van der Waals surface area (Å²) in [6.45, 7) is 14.1. The molecule has 2 aromatic carbocycles. The topological polar surface area (TPSA) is 167 Å². The Kier molecular flexibility index (Phi) is 13.9. The van der Waals surface area contributed by atoms with E-state index in [9.17, 15) is 24.3 Å². The van der Waals surface area contributed by atoms with E-state index in [0.29, 0.717) is 43.8 Å². The Morgan fingerprint density at radius 1 is 1.05 bits per heavy atom. The molecule has 1 saturated carbocycles. The summed E-state index contributed by atoms with van der Waals surface area (Å²) in [4.78, 5) is 64.0. The van der Waals surface area contributed by atoms with Gasteiger partial charge in [-0.1, -0.05) is 39.8 Å². The van der Waals surface area contributed by atoms with E-state index < -0.39 is 41.3 Å². The average molecular weight is 904 g/mol.